The molecule has 4 rings (SSSR count). The first-order valence-electron chi connectivity index (χ1n) is 12.4. The monoisotopic (exact) mass is 484 g/mol. The lowest BCUT2D eigenvalue weighted by Crippen LogP contribution is -2.45. The van der Waals surface area contributed by atoms with Crippen LogP contribution in [0.3, 0.4) is 0 Å². The lowest BCUT2D eigenvalue weighted by Gasteiger charge is -2.38. The zero-order valence-corrected chi connectivity index (χ0v) is 22.8. The number of ether oxygens (including phenoxy) is 2. The number of pyridine rings is 1. The van der Waals surface area contributed by atoms with Crippen LogP contribution in [0.1, 0.15) is 40.2 Å². The maximum Gasteiger partial charge on any atom is 0.410 e. The number of aromatic nitrogens is 3. The average molecular weight is 485 g/mol. The molecule has 0 N–H and O–H groups in total. The molecule has 1 amide bonds. The number of fused-ring (bicyclic) bond motifs is 3. The number of hydrogen-bond donors (Lipinski definition) is 0. The van der Waals surface area contributed by atoms with Gasteiger partial charge in [-0.2, -0.15) is 0 Å². The van der Waals surface area contributed by atoms with Crippen LogP contribution in [-0.2, 0) is 16.2 Å². The Balaban J connectivity index is 1.59. The van der Waals surface area contributed by atoms with Gasteiger partial charge in [-0.25, -0.2) is 9.78 Å². The molecular formula is C26H40N4O3Si. The van der Waals surface area contributed by atoms with E-state index in [1.54, 1.807) is 0 Å². The Morgan fingerprint density at radius 1 is 1.21 bits per heavy atom. The summed E-state index contributed by atoms with van der Waals surface area (Å²) >= 11 is 0. The molecule has 1 fully saturated rings. The maximum absolute atomic E-state index is 12.8. The van der Waals surface area contributed by atoms with Gasteiger partial charge < -0.3 is 23.5 Å². The largest absolute Gasteiger partial charge is 0.444 e. The van der Waals surface area contributed by atoms with Gasteiger partial charge in [0.2, 0.25) is 0 Å². The summed E-state index contributed by atoms with van der Waals surface area (Å²) in [5.74, 6) is 0.449. The number of amides is 1. The fraction of sp³-hybridized carbons (Fsp3) is 0.615. The van der Waals surface area contributed by atoms with Crippen molar-refractivity contribution >= 4 is 36.1 Å². The Morgan fingerprint density at radius 3 is 2.68 bits per heavy atom. The number of hydrogen-bond acceptors (Lipinski definition) is 4. The highest BCUT2D eigenvalue weighted by molar-refractivity contribution is 6.76. The van der Waals surface area contributed by atoms with E-state index in [1.807, 2.05) is 31.9 Å². The predicted molar refractivity (Wildman–Crippen MR) is 140 cm³/mol. The van der Waals surface area contributed by atoms with Crippen molar-refractivity contribution < 1.29 is 14.3 Å². The fourth-order valence-electron chi connectivity index (χ4n) is 4.61. The molecule has 4 heterocycles. The minimum Gasteiger partial charge on any atom is -0.444 e. The third-order valence-corrected chi connectivity index (χ3v) is 8.32. The van der Waals surface area contributed by atoms with E-state index in [0.717, 1.165) is 42.0 Å². The highest BCUT2D eigenvalue weighted by Crippen LogP contribution is 2.34. The molecule has 0 unspecified atom stereocenters. The van der Waals surface area contributed by atoms with E-state index in [1.165, 1.54) is 5.52 Å². The van der Waals surface area contributed by atoms with E-state index < -0.39 is 13.7 Å². The number of likely N-dealkylation sites (tertiary alicyclic amines) is 1. The third kappa shape index (κ3) is 5.49. The second-order valence-electron chi connectivity index (χ2n) is 11.9. The fourth-order valence-corrected chi connectivity index (χ4v) is 5.37. The second-order valence-corrected chi connectivity index (χ2v) is 17.5. The summed E-state index contributed by atoms with van der Waals surface area (Å²) in [4.78, 5) is 19.4. The molecule has 186 valence electrons. The number of rotatable bonds is 6. The Morgan fingerprint density at radius 2 is 1.97 bits per heavy atom. The molecular weight excluding hydrogens is 444 g/mol. The zero-order valence-electron chi connectivity index (χ0n) is 21.8. The third-order valence-electron chi connectivity index (χ3n) is 6.62. The highest BCUT2D eigenvalue weighted by Gasteiger charge is 2.33. The lowest BCUT2D eigenvalue weighted by atomic mass is 9.93. The van der Waals surface area contributed by atoms with Crippen LogP contribution in [-0.4, -0.2) is 58.5 Å². The molecule has 0 bridgehead atoms. The molecule has 1 aliphatic rings. The van der Waals surface area contributed by atoms with E-state index in [9.17, 15) is 4.79 Å². The highest BCUT2D eigenvalue weighted by atomic mass is 28.3. The predicted octanol–water partition coefficient (Wildman–Crippen LogP) is 6.12. The number of nitrogens with zero attached hydrogens (tertiary/aromatic N) is 4. The molecule has 0 aromatic carbocycles. The molecule has 3 aromatic heterocycles. The van der Waals surface area contributed by atoms with Gasteiger partial charge in [-0.1, -0.05) is 26.6 Å². The van der Waals surface area contributed by atoms with Gasteiger partial charge in [0.15, 0.2) is 0 Å². The van der Waals surface area contributed by atoms with E-state index in [0.29, 0.717) is 19.2 Å². The van der Waals surface area contributed by atoms with Crippen LogP contribution in [0.25, 0.3) is 21.9 Å². The minimum absolute atomic E-state index is 0.181. The van der Waals surface area contributed by atoms with Crippen LogP contribution < -0.4 is 0 Å². The van der Waals surface area contributed by atoms with Crippen molar-refractivity contribution in [1.82, 2.24) is 19.0 Å². The molecule has 8 heteroatoms. The summed E-state index contributed by atoms with van der Waals surface area (Å²) in [6.07, 6.45) is 6.89. The van der Waals surface area contributed by atoms with Crippen LogP contribution in [0.4, 0.5) is 4.79 Å². The van der Waals surface area contributed by atoms with Crippen molar-refractivity contribution in [1.29, 1.82) is 0 Å². The van der Waals surface area contributed by atoms with Crippen LogP contribution >= 0.6 is 0 Å². The van der Waals surface area contributed by atoms with Crippen molar-refractivity contribution in [3.63, 3.8) is 0 Å². The standard InChI is InChI=1S/C26H40N4O3Si/c1-19-8-11-28(25(31)33-26(2,3)4)17-22(19)30-13-9-20-16-27-24-21(23(20)30)10-12-29(24)18-32-14-15-34(5,6)7/h9-10,12-13,16,19,22H,8,11,14-15,17-18H2,1-7H3/t19-,22+/m1/s1. The van der Waals surface area contributed by atoms with E-state index in [-0.39, 0.29) is 12.1 Å². The number of carbonyl (C=O) groups is 1. The molecule has 0 radical (unpaired) electrons. The van der Waals surface area contributed by atoms with E-state index in [2.05, 4.69) is 60.2 Å². The summed E-state index contributed by atoms with van der Waals surface area (Å²) in [5.41, 5.74) is 1.62. The Labute approximate surface area is 204 Å². The van der Waals surface area contributed by atoms with Crippen molar-refractivity contribution in [2.45, 2.75) is 78.2 Å². The van der Waals surface area contributed by atoms with Crippen LogP contribution in [0, 0.1) is 5.92 Å². The zero-order chi connectivity index (χ0) is 24.7. The van der Waals surface area contributed by atoms with Gasteiger partial charge in [0.1, 0.15) is 18.0 Å². The van der Waals surface area contributed by atoms with Crippen molar-refractivity contribution in [3.8, 4) is 0 Å². The summed E-state index contributed by atoms with van der Waals surface area (Å²) < 4.78 is 16.1. The molecule has 1 aliphatic heterocycles. The van der Waals surface area contributed by atoms with Gasteiger partial charge in [-0.3, -0.25) is 0 Å². The summed E-state index contributed by atoms with van der Waals surface area (Å²) in [7, 11) is -1.11. The van der Waals surface area contributed by atoms with E-state index in [4.69, 9.17) is 14.5 Å². The molecule has 3 aromatic rings. The molecule has 0 saturated carbocycles. The smallest absolute Gasteiger partial charge is 0.410 e. The molecule has 2 atom stereocenters. The maximum atomic E-state index is 12.8. The Kier molecular flexibility index (Phi) is 6.84. The van der Waals surface area contributed by atoms with Crippen LogP contribution in [0.5, 0.6) is 0 Å². The van der Waals surface area contributed by atoms with Gasteiger partial charge in [-0.05, 0) is 51.3 Å². The van der Waals surface area contributed by atoms with Crippen molar-refractivity contribution in [3.05, 3.63) is 30.7 Å². The van der Waals surface area contributed by atoms with Gasteiger partial charge in [0, 0.05) is 57.1 Å². The number of piperidine rings is 1. The summed E-state index contributed by atoms with van der Waals surface area (Å²) in [6.45, 7) is 17.8. The first-order valence-corrected chi connectivity index (χ1v) is 16.1. The first-order chi connectivity index (χ1) is 15.9. The van der Waals surface area contributed by atoms with Crippen LogP contribution in [0.15, 0.2) is 30.7 Å². The minimum atomic E-state index is -1.11. The molecule has 0 spiro atoms. The van der Waals surface area contributed by atoms with Crippen molar-refractivity contribution in [2.75, 3.05) is 19.7 Å². The summed E-state index contributed by atoms with van der Waals surface area (Å²) in [6, 6.07) is 5.60. The van der Waals surface area contributed by atoms with Gasteiger partial charge in [0.25, 0.3) is 0 Å². The molecule has 1 saturated heterocycles. The first kappa shape index (κ1) is 24.8. The second kappa shape index (κ2) is 9.38. The Bertz CT molecular complexity index is 1150. The SMILES string of the molecule is C[C@@H]1CCN(C(=O)OC(C)(C)C)C[C@@H]1n1ccc2cnc3c(ccn3COCC[Si](C)(C)C)c21. The summed E-state index contributed by atoms with van der Waals surface area (Å²) in [5, 5.41) is 2.24. The normalized spacial score (nSPS) is 19.8. The van der Waals surface area contributed by atoms with Gasteiger partial charge >= 0.3 is 6.09 Å². The Hall–Kier alpha value is -2.32. The van der Waals surface area contributed by atoms with Gasteiger partial charge in [0.05, 0.1) is 11.6 Å². The van der Waals surface area contributed by atoms with E-state index >= 15 is 0 Å². The molecule has 0 aliphatic carbocycles. The van der Waals surface area contributed by atoms with Crippen LogP contribution in [0.2, 0.25) is 25.7 Å². The number of carbonyl (C=O) groups excluding carboxylic acids is 1. The molecule has 34 heavy (non-hydrogen) atoms. The lowest BCUT2D eigenvalue weighted by molar-refractivity contribution is 0.0128. The van der Waals surface area contributed by atoms with Crippen molar-refractivity contribution in [2.24, 2.45) is 5.92 Å². The topological polar surface area (TPSA) is 61.5 Å². The van der Waals surface area contributed by atoms with Gasteiger partial charge in [-0.15, -0.1) is 0 Å². The quantitative estimate of drug-likeness (QED) is 0.312. The molecule has 7 nitrogen and oxygen atoms in total. The average Bonchev–Trinajstić information content (AvgIpc) is 3.33.